The van der Waals surface area contributed by atoms with Crippen molar-refractivity contribution in [3.05, 3.63) is 104 Å². The number of amides is 4. The number of halogens is 1. The minimum absolute atomic E-state index is 0.0296. The van der Waals surface area contributed by atoms with Crippen molar-refractivity contribution in [1.82, 2.24) is 5.32 Å². The van der Waals surface area contributed by atoms with E-state index in [0.717, 1.165) is 16.9 Å². The number of rotatable bonds is 7. The zero-order chi connectivity index (χ0) is 25.8. The normalized spacial score (nSPS) is 14.7. The van der Waals surface area contributed by atoms with Crippen molar-refractivity contribution in [3.63, 3.8) is 0 Å². The number of imide groups is 2. The van der Waals surface area contributed by atoms with Gasteiger partial charge in [-0.3, -0.25) is 25.0 Å². The number of carbonyl (C=O) groups excluding carboxylic acids is 3. The van der Waals surface area contributed by atoms with Gasteiger partial charge in [0.05, 0.1) is 10.6 Å². The molecule has 1 heterocycles. The molecule has 9 nitrogen and oxygen atoms in total. The van der Waals surface area contributed by atoms with E-state index in [-0.39, 0.29) is 17.9 Å². The zero-order valence-corrected chi connectivity index (χ0v) is 20.7. The van der Waals surface area contributed by atoms with Crippen molar-refractivity contribution >= 4 is 51.2 Å². The molecule has 1 N–H and O–H groups in total. The number of nitrogens with one attached hydrogen (secondary N) is 1. The lowest BCUT2D eigenvalue weighted by Crippen LogP contribution is -2.54. The molecule has 1 aliphatic rings. The molecule has 182 valence electrons. The lowest BCUT2D eigenvalue weighted by Gasteiger charge is -2.26. The third-order valence-electron chi connectivity index (χ3n) is 5.52. The highest BCUT2D eigenvalue weighted by Crippen LogP contribution is 2.29. The van der Waals surface area contributed by atoms with Gasteiger partial charge in [-0.1, -0.05) is 35.0 Å². The first-order chi connectivity index (χ1) is 17.3. The van der Waals surface area contributed by atoms with Gasteiger partial charge in [-0.15, -0.1) is 0 Å². The first-order valence-electron chi connectivity index (χ1n) is 10.9. The summed E-state index contributed by atoms with van der Waals surface area (Å²) in [5.74, 6) is -1.19. The topological polar surface area (TPSA) is 119 Å². The Hall–Kier alpha value is -4.31. The average Bonchev–Trinajstić information content (AvgIpc) is 2.86. The monoisotopic (exact) mass is 549 g/mol. The number of hydrogen-bond acceptors (Lipinski definition) is 6. The van der Waals surface area contributed by atoms with Crippen LogP contribution in [0.1, 0.15) is 23.6 Å². The lowest BCUT2D eigenvalue weighted by atomic mass is 10.1. The molecule has 0 atom stereocenters. The molecule has 4 amide bonds. The molecule has 3 aromatic rings. The van der Waals surface area contributed by atoms with Crippen molar-refractivity contribution in [3.8, 4) is 5.75 Å². The van der Waals surface area contributed by atoms with Crippen LogP contribution in [0.3, 0.4) is 0 Å². The quantitative estimate of drug-likeness (QED) is 0.188. The fourth-order valence-corrected chi connectivity index (χ4v) is 3.95. The molecular formula is C26H20BrN3O6. The number of non-ortho nitro benzene ring substituents is 1. The molecule has 1 saturated heterocycles. The summed E-state index contributed by atoms with van der Waals surface area (Å²) in [6.07, 6.45) is 2.17. The predicted molar refractivity (Wildman–Crippen MR) is 136 cm³/mol. The Morgan fingerprint density at radius 2 is 1.67 bits per heavy atom. The fourth-order valence-electron chi connectivity index (χ4n) is 3.57. The van der Waals surface area contributed by atoms with Crippen LogP contribution in [-0.2, 0) is 22.6 Å². The summed E-state index contributed by atoms with van der Waals surface area (Å²) in [7, 11) is 0. The maximum atomic E-state index is 13.2. The summed E-state index contributed by atoms with van der Waals surface area (Å²) in [5.41, 5.74) is 2.25. The van der Waals surface area contributed by atoms with Gasteiger partial charge in [0.2, 0.25) is 0 Å². The first kappa shape index (κ1) is 24.8. The van der Waals surface area contributed by atoms with E-state index in [2.05, 4.69) is 21.2 Å². The summed E-state index contributed by atoms with van der Waals surface area (Å²) in [4.78, 5) is 49.6. The van der Waals surface area contributed by atoms with Gasteiger partial charge in [-0.25, -0.2) is 9.69 Å². The summed E-state index contributed by atoms with van der Waals surface area (Å²) >= 11 is 3.38. The zero-order valence-electron chi connectivity index (χ0n) is 19.1. The Labute approximate surface area is 214 Å². The number of ether oxygens (including phenoxy) is 1. The summed E-state index contributed by atoms with van der Waals surface area (Å²) in [5, 5.41) is 13.1. The van der Waals surface area contributed by atoms with Gasteiger partial charge < -0.3 is 4.74 Å². The first-order valence-corrected chi connectivity index (χ1v) is 11.7. The maximum absolute atomic E-state index is 13.2. The molecule has 10 heteroatoms. The van der Waals surface area contributed by atoms with Crippen molar-refractivity contribution in [2.75, 3.05) is 4.90 Å². The number of hydrogen-bond donors (Lipinski definition) is 1. The number of nitro groups is 1. The lowest BCUT2D eigenvalue weighted by molar-refractivity contribution is -0.384. The highest BCUT2D eigenvalue weighted by molar-refractivity contribution is 9.10. The Kier molecular flexibility index (Phi) is 7.25. The SMILES string of the molecule is CCc1ccc(N2C(=O)NC(=O)/C(=C/c3cc(Br)ccc3OCc3ccc([N+](=O)[O-])cc3)C2=O)cc1. The Morgan fingerprint density at radius 3 is 2.31 bits per heavy atom. The van der Waals surface area contributed by atoms with E-state index in [9.17, 15) is 24.5 Å². The molecule has 4 rings (SSSR count). The van der Waals surface area contributed by atoms with Gasteiger partial charge in [0.25, 0.3) is 17.5 Å². The van der Waals surface area contributed by atoms with Crippen LogP contribution in [0, 0.1) is 10.1 Å². The highest BCUT2D eigenvalue weighted by atomic mass is 79.9. The number of aryl methyl sites for hydroxylation is 1. The number of benzene rings is 3. The third kappa shape index (κ3) is 5.33. The molecule has 0 radical (unpaired) electrons. The van der Waals surface area contributed by atoms with Gasteiger partial charge in [0.1, 0.15) is 17.9 Å². The van der Waals surface area contributed by atoms with Crippen LogP contribution in [-0.4, -0.2) is 22.8 Å². The van der Waals surface area contributed by atoms with Crippen LogP contribution in [0.2, 0.25) is 0 Å². The van der Waals surface area contributed by atoms with Gasteiger partial charge in [-0.2, -0.15) is 0 Å². The Bertz CT molecular complexity index is 1380. The molecule has 3 aromatic carbocycles. The smallest absolute Gasteiger partial charge is 0.335 e. The molecule has 1 fully saturated rings. The number of carbonyl (C=O) groups is 3. The maximum Gasteiger partial charge on any atom is 0.335 e. The van der Waals surface area contributed by atoms with Gasteiger partial charge in [0.15, 0.2) is 0 Å². The van der Waals surface area contributed by atoms with Crippen molar-refractivity contribution < 1.29 is 24.0 Å². The molecular weight excluding hydrogens is 530 g/mol. The van der Waals surface area contributed by atoms with E-state index in [1.165, 1.54) is 18.2 Å². The second-order valence-electron chi connectivity index (χ2n) is 7.87. The van der Waals surface area contributed by atoms with Crippen LogP contribution < -0.4 is 15.0 Å². The van der Waals surface area contributed by atoms with E-state index in [0.29, 0.717) is 27.0 Å². The Morgan fingerprint density at radius 1 is 1.00 bits per heavy atom. The summed E-state index contributed by atoms with van der Waals surface area (Å²) in [6, 6.07) is 17.1. The average molecular weight is 550 g/mol. The molecule has 0 saturated carbocycles. The number of anilines is 1. The number of nitrogens with zero attached hydrogens (tertiary/aromatic N) is 2. The standard InChI is InChI=1S/C26H20BrN3O6/c1-2-16-3-8-20(9-4-16)29-25(32)22(24(31)28-26(29)33)14-18-13-19(27)7-12-23(18)36-15-17-5-10-21(11-6-17)30(34)35/h3-14H,2,15H2,1H3,(H,28,31,33)/b22-14-. The van der Waals surface area contributed by atoms with Crippen LogP contribution in [0.4, 0.5) is 16.2 Å². The predicted octanol–water partition coefficient (Wildman–Crippen LogP) is 5.17. The second kappa shape index (κ2) is 10.5. The van der Waals surface area contributed by atoms with E-state index in [1.807, 2.05) is 19.1 Å². The molecule has 0 bridgehead atoms. The molecule has 36 heavy (non-hydrogen) atoms. The molecule has 0 aliphatic carbocycles. The fraction of sp³-hybridized carbons (Fsp3) is 0.115. The molecule has 0 aromatic heterocycles. The van der Waals surface area contributed by atoms with Gasteiger partial charge in [-0.05, 0) is 66.1 Å². The van der Waals surface area contributed by atoms with Crippen LogP contribution >= 0.6 is 15.9 Å². The van der Waals surface area contributed by atoms with Gasteiger partial charge in [0, 0.05) is 22.2 Å². The molecule has 0 spiro atoms. The largest absolute Gasteiger partial charge is 0.488 e. The van der Waals surface area contributed by atoms with E-state index >= 15 is 0 Å². The van der Waals surface area contributed by atoms with Crippen LogP contribution in [0.5, 0.6) is 5.75 Å². The summed E-state index contributed by atoms with van der Waals surface area (Å²) < 4.78 is 6.57. The summed E-state index contributed by atoms with van der Waals surface area (Å²) in [6.45, 7) is 2.09. The third-order valence-corrected chi connectivity index (χ3v) is 6.01. The molecule has 1 aliphatic heterocycles. The number of nitro benzene ring substituents is 1. The van der Waals surface area contributed by atoms with Gasteiger partial charge >= 0.3 is 6.03 Å². The minimum Gasteiger partial charge on any atom is -0.488 e. The molecule has 0 unspecified atom stereocenters. The Balaban J connectivity index is 1.62. The van der Waals surface area contributed by atoms with Crippen LogP contribution in [0.15, 0.2) is 76.8 Å². The van der Waals surface area contributed by atoms with Crippen molar-refractivity contribution in [2.45, 2.75) is 20.0 Å². The van der Waals surface area contributed by atoms with E-state index in [4.69, 9.17) is 4.74 Å². The number of urea groups is 1. The van der Waals surface area contributed by atoms with Crippen LogP contribution in [0.25, 0.3) is 6.08 Å². The van der Waals surface area contributed by atoms with E-state index < -0.39 is 22.8 Å². The van der Waals surface area contributed by atoms with Crippen molar-refractivity contribution in [1.29, 1.82) is 0 Å². The van der Waals surface area contributed by atoms with E-state index in [1.54, 1.807) is 42.5 Å². The minimum atomic E-state index is -0.824. The number of barbiturate groups is 1. The second-order valence-corrected chi connectivity index (χ2v) is 8.79. The van der Waals surface area contributed by atoms with Crippen molar-refractivity contribution in [2.24, 2.45) is 0 Å². The highest BCUT2D eigenvalue weighted by Gasteiger charge is 2.37.